The lowest BCUT2D eigenvalue weighted by Gasteiger charge is -2.35. The average molecular weight is 432 g/mol. The second-order valence-electron chi connectivity index (χ2n) is 9.60. The minimum absolute atomic E-state index is 0.0295. The molecule has 0 radical (unpaired) electrons. The van der Waals surface area contributed by atoms with E-state index in [4.69, 9.17) is 10.7 Å². The topological polar surface area (TPSA) is 83.6 Å². The summed E-state index contributed by atoms with van der Waals surface area (Å²) in [6.45, 7) is 16.8. The van der Waals surface area contributed by atoms with Crippen LogP contribution in [0.1, 0.15) is 89.7 Å². The van der Waals surface area contributed by atoms with Crippen LogP contribution in [0.5, 0.6) is 0 Å². The van der Waals surface area contributed by atoms with Crippen LogP contribution in [0.25, 0.3) is 0 Å². The Morgan fingerprint density at radius 3 is 2.29 bits per heavy atom. The van der Waals surface area contributed by atoms with Crippen molar-refractivity contribution in [2.45, 2.75) is 93.2 Å². The third kappa shape index (κ3) is 8.24. The van der Waals surface area contributed by atoms with Crippen LogP contribution in [0.15, 0.2) is 4.99 Å². The number of amides is 1. The van der Waals surface area contributed by atoms with Crippen LogP contribution in [-0.2, 0) is 17.8 Å². The number of nitrogens with two attached hydrogens (primary N) is 1. The number of nitrogens with zero attached hydrogens (tertiary/aromatic N) is 3. The summed E-state index contributed by atoms with van der Waals surface area (Å²) in [5.41, 5.74) is 11.3. The quantitative estimate of drug-likeness (QED) is 0.639. The van der Waals surface area contributed by atoms with E-state index in [0.717, 1.165) is 60.6 Å². The molecule has 1 aliphatic heterocycles. The molecular formula is C25H45N5O. The van der Waals surface area contributed by atoms with Crippen LogP contribution < -0.4 is 11.1 Å². The Kier molecular flexibility index (Phi) is 11.2. The Balaban J connectivity index is 0.00000151. The van der Waals surface area contributed by atoms with E-state index in [2.05, 4.69) is 51.9 Å². The van der Waals surface area contributed by atoms with E-state index in [-0.39, 0.29) is 11.3 Å². The fourth-order valence-corrected chi connectivity index (χ4v) is 3.82. The molecule has 0 spiro atoms. The maximum absolute atomic E-state index is 12.5. The molecule has 2 rings (SSSR count). The number of pyridine rings is 1. The predicted molar refractivity (Wildman–Crippen MR) is 133 cm³/mol. The number of aromatic nitrogens is 1. The molecular weight excluding hydrogens is 386 g/mol. The SMILES string of the molecule is CCC.CCc1nc(C)c(C=NC)c(NC2CCN(C(=O)CC(C)(C)C)CC2)c1CN. The van der Waals surface area contributed by atoms with Gasteiger partial charge >= 0.3 is 0 Å². The van der Waals surface area contributed by atoms with Gasteiger partial charge in [0.05, 0.1) is 5.69 Å². The zero-order valence-corrected chi connectivity index (χ0v) is 21.1. The highest BCUT2D eigenvalue weighted by Gasteiger charge is 2.27. The van der Waals surface area contributed by atoms with Gasteiger partial charge < -0.3 is 16.0 Å². The van der Waals surface area contributed by atoms with Gasteiger partial charge in [-0.1, -0.05) is 48.0 Å². The highest BCUT2D eigenvalue weighted by Crippen LogP contribution is 2.28. The van der Waals surface area contributed by atoms with Gasteiger partial charge in [-0.05, 0) is 31.6 Å². The molecule has 176 valence electrons. The first-order valence-electron chi connectivity index (χ1n) is 11.8. The first kappa shape index (κ1) is 27.1. The summed E-state index contributed by atoms with van der Waals surface area (Å²) in [4.78, 5) is 23.5. The van der Waals surface area contributed by atoms with E-state index in [1.807, 2.05) is 18.0 Å². The van der Waals surface area contributed by atoms with Gasteiger partial charge in [0, 0.05) is 67.9 Å². The minimum atomic E-state index is 0.0295. The Morgan fingerprint density at radius 1 is 1.26 bits per heavy atom. The number of hydrogen-bond donors (Lipinski definition) is 2. The molecule has 0 saturated carbocycles. The molecule has 0 unspecified atom stereocenters. The maximum Gasteiger partial charge on any atom is 0.223 e. The summed E-state index contributed by atoms with van der Waals surface area (Å²) in [5.74, 6) is 0.264. The molecule has 1 fully saturated rings. The van der Waals surface area contributed by atoms with Gasteiger partial charge in [0.25, 0.3) is 0 Å². The van der Waals surface area contributed by atoms with Crippen molar-refractivity contribution in [1.82, 2.24) is 9.88 Å². The van der Waals surface area contributed by atoms with Gasteiger partial charge in [-0.15, -0.1) is 0 Å². The zero-order chi connectivity index (χ0) is 23.6. The second-order valence-corrected chi connectivity index (χ2v) is 9.60. The third-order valence-electron chi connectivity index (χ3n) is 5.29. The van der Waals surface area contributed by atoms with Crippen molar-refractivity contribution in [2.24, 2.45) is 16.1 Å². The number of nitrogens with one attached hydrogen (secondary N) is 1. The predicted octanol–water partition coefficient (Wildman–Crippen LogP) is 4.72. The van der Waals surface area contributed by atoms with Crippen LogP contribution in [0.4, 0.5) is 5.69 Å². The van der Waals surface area contributed by atoms with E-state index in [0.29, 0.717) is 19.0 Å². The summed E-state index contributed by atoms with van der Waals surface area (Å²) in [6.07, 6.45) is 6.44. The number of hydrogen-bond acceptors (Lipinski definition) is 5. The van der Waals surface area contributed by atoms with Crippen LogP contribution in [0.3, 0.4) is 0 Å². The van der Waals surface area contributed by atoms with Crippen molar-refractivity contribution in [3.05, 3.63) is 22.5 Å². The number of piperidine rings is 1. The van der Waals surface area contributed by atoms with Gasteiger partial charge in [0.2, 0.25) is 5.91 Å². The summed E-state index contributed by atoms with van der Waals surface area (Å²) < 4.78 is 0. The lowest BCUT2D eigenvalue weighted by atomic mass is 9.91. The molecule has 0 atom stereocenters. The number of carbonyl (C=O) groups excluding carboxylic acids is 1. The van der Waals surface area contributed by atoms with Crippen LogP contribution in [-0.4, -0.2) is 48.2 Å². The minimum Gasteiger partial charge on any atom is -0.381 e. The standard InChI is InChI=1S/C22H37N5O.C3H8/c1-7-19-17(13-23)21(18(14-24-6)15(2)25-19)26-16-8-10-27(11-9-16)20(28)12-22(3,4)5;1-3-2/h14,16H,7-13,23H2,1-6H3,(H,25,26);3H2,1-2H3. The third-order valence-corrected chi connectivity index (χ3v) is 5.29. The Morgan fingerprint density at radius 2 is 1.84 bits per heavy atom. The number of aliphatic imine (C=N–C) groups is 1. The fourth-order valence-electron chi connectivity index (χ4n) is 3.82. The van der Waals surface area contributed by atoms with Gasteiger partial charge in [-0.3, -0.25) is 14.8 Å². The van der Waals surface area contributed by atoms with E-state index in [9.17, 15) is 4.79 Å². The molecule has 2 heterocycles. The second kappa shape index (κ2) is 12.8. The highest BCUT2D eigenvalue weighted by molar-refractivity contribution is 5.90. The van der Waals surface area contributed by atoms with Gasteiger partial charge in [-0.2, -0.15) is 0 Å². The molecule has 1 aromatic heterocycles. The molecule has 0 bridgehead atoms. The first-order valence-corrected chi connectivity index (χ1v) is 11.8. The monoisotopic (exact) mass is 431 g/mol. The van der Waals surface area contributed by atoms with Crippen LogP contribution >= 0.6 is 0 Å². The van der Waals surface area contributed by atoms with Crippen LogP contribution in [0, 0.1) is 12.3 Å². The summed E-state index contributed by atoms with van der Waals surface area (Å²) >= 11 is 0. The Hall–Kier alpha value is -1.95. The van der Waals surface area contributed by atoms with Crippen molar-refractivity contribution in [1.29, 1.82) is 0 Å². The fraction of sp³-hybridized carbons (Fsp3) is 0.720. The molecule has 0 aliphatic carbocycles. The van der Waals surface area contributed by atoms with Crippen LogP contribution in [0.2, 0.25) is 0 Å². The van der Waals surface area contributed by atoms with E-state index < -0.39 is 0 Å². The van der Waals surface area contributed by atoms with Gasteiger partial charge in [0.15, 0.2) is 0 Å². The molecule has 31 heavy (non-hydrogen) atoms. The van der Waals surface area contributed by atoms with Crippen molar-refractivity contribution in [3.8, 4) is 0 Å². The van der Waals surface area contributed by atoms with E-state index in [1.54, 1.807) is 7.05 Å². The van der Waals surface area contributed by atoms with Crippen molar-refractivity contribution >= 4 is 17.8 Å². The smallest absolute Gasteiger partial charge is 0.223 e. The lowest BCUT2D eigenvalue weighted by molar-refractivity contribution is -0.134. The normalized spacial score (nSPS) is 15.1. The Bertz CT molecular complexity index is 728. The van der Waals surface area contributed by atoms with Crippen molar-refractivity contribution in [3.63, 3.8) is 0 Å². The highest BCUT2D eigenvalue weighted by atomic mass is 16.2. The maximum atomic E-state index is 12.5. The molecule has 1 aliphatic rings. The van der Waals surface area contributed by atoms with E-state index >= 15 is 0 Å². The van der Waals surface area contributed by atoms with Gasteiger partial charge in [-0.25, -0.2) is 0 Å². The van der Waals surface area contributed by atoms with Gasteiger partial charge in [0.1, 0.15) is 0 Å². The number of anilines is 1. The Labute approximate surface area is 190 Å². The van der Waals surface area contributed by atoms with Crippen molar-refractivity contribution < 1.29 is 4.79 Å². The molecule has 6 nitrogen and oxygen atoms in total. The van der Waals surface area contributed by atoms with E-state index in [1.165, 1.54) is 6.42 Å². The zero-order valence-electron chi connectivity index (χ0n) is 21.1. The van der Waals surface area contributed by atoms with Crippen molar-refractivity contribution in [2.75, 3.05) is 25.5 Å². The molecule has 6 heteroatoms. The molecule has 0 aromatic carbocycles. The average Bonchev–Trinajstić information content (AvgIpc) is 2.70. The molecule has 1 saturated heterocycles. The summed E-state index contributed by atoms with van der Waals surface area (Å²) in [6, 6.07) is 0.319. The summed E-state index contributed by atoms with van der Waals surface area (Å²) in [5, 5.41) is 3.73. The molecule has 1 aromatic rings. The lowest BCUT2D eigenvalue weighted by Crippen LogP contribution is -2.43. The first-order chi connectivity index (χ1) is 14.6. The molecule has 3 N–H and O–H groups in total. The number of carbonyl (C=O) groups is 1. The summed E-state index contributed by atoms with van der Waals surface area (Å²) in [7, 11) is 1.78. The largest absolute Gasteiger partial charge is 0.381 e. The molecule has 1 amide bonds. The number of likely N-dealkylation sites (tertiary alicyclic amines) is 1. The number of rotatable bonds is 6. The number of aryl methyl sites for hydroxylation is 2.